The van der Waals surface area contributed by atoms with Crippen LogP contribution in [0.3, 0.4) is 0 Å². The number of carbonyl (C=O) groups excluding carboxylic acids is 3. The number of carbonyl (C=O) groups is 6. The number of carboxylic acid groups (broad SMARTS) is 3. The lowest BCUT2D eigenvalue weighted by Crippen LogP contribution is -2.52. The van der Waals surface area contributed by atoms with E-state index in [4.69, 9.17) is 19.8 Å². The number of aliphatic hydroxyl groups excluding tert-OH is 1. The van der Waals surface area contributed by atoms with Gasteiger partial charge in [0.1, 0.15) is 19.5 Å². The monoisotopic (exact) mass is 834 g/mol. The first-order valence-electron chi connectivity index (χ1n) is 17.5. The first-order valence-corrected chi connectivity index (χ1v) is 19.9. The summed E-state index contributed by atoms with van der Waals surface area (Å²) >= 11 is 0. The van der Waals surface area contributed by atoms with Crippen molar-refractivity contribution >= 4 is 52.5 Å². The van der Waals surface area contributed by atoms with Gasteiger partial charge in [-0.25, -0.2) is 4.90 Å². The molecule has 0 aromatic heterocycles. The van der Waals surface area contributed by atoms with E-state index in [-0.39, 0.29) is 118 Å². The minimum atomic E-state index is -3.33. The molecule has 0 spiro atoms. The summed E-state index contributed by atoms with van der Waals surface area (Å²) in [6.45, 7) is -0.770. The van der Waals surface area contributed by atoms with Gasteiger partial charge in [-0.2, -0.15) is 0 Å². The summed E-state index contributed by atoms with van der Waals surface area (Å²) < 4.78 is 20.1. The van der Waals surface area contributed by atoms with Gasteiger partial charge < -0.3 is 51.1 Å². The quantitative estimate of drug-likeness (QED) is 0.0223. The molecule has 1 fully saturated rings. The zero-order valence-corrected chi connectivity index (χ0v) is 32.5. The van der Waals surface area contributed by atoms with Crippen molar-refractivity contribution < 1.29 is 77.5 Å². The van der Waals surface area contributed by atoms with Crippen LogP contribution < -0.4 is 16.0 Å². The van der Waals surface area contributed by atoms with Crippen LogP contribution in [0.25, 0.3) is 0 Å². The number of rotatable bonds is 26. The molecular formula is C29H56N8O16P2. The van der Waals surface area contributed by atoms with Crippen LogP contribution in [-0.4, -0.2) is 220 Å². The number of nitrogens with one attached hydrogen (secondary N) is 3. The van der Waals surface area contributed by atoms with Crippen LogP contribution in [0.15, 0.2) is 0 Å². The lowest BCUT2D eigenvalue weighted by Gasteiger charge is -2.33. The van der Waals surface area contributed by atoms with Crippen molar-refractivity contribution in [2.45, 2.75) is 31.7 Å². The van der Waals surface area contributed by atoms with E-state index < -0.39 is 72.0 Å². The van der Waals surface area contributed by atoms with Crippen LogP contribution in [0.4, 0.5) is 0 Å². The predicted octanol–water partition coefficient (Wildman–Crippen LogP) is -4.42. The Morgan fingerprint density at radius 3 is 1.60 bits per heavy atom. The Bertz CT molecular complexity index is 1190. The second-order valence-electron chi connectivity index (χ2n) is 12.5. The van der Waals surface area contributed by atoms with Gasteiger partial charge in [0.05, 0.1) is 32.7 Å². The Balaban J connectivity index is 2.92. The van der Waals surface area contributed by atoms with E-state index in [0.29, 0.717) is 12.8 Å². The smallest absolute Gasteiger partial charge is 0.328 e. The van der Waals surface area contributed by atoms with Crippen molar-refractivity contribution in [3.05, 3.63) is 0 Å². The molecule has 1 aliphatic rings. The SMILES string of the molecule is O=C(O)CN1CCN(CC(=O)O)CCN(CC(=O)N[C@H](CCCCNC(=O)CN(COP(O)O)CO[PH](=O)O)C(=O)NCCCO)CCN(CC(=O)O)CC1. The van der Waals surface area contributed by atoms with Crippen LogP contribution in [0.5, 0.6) is 0 Å². The third kappa shape index (κ3) is 26.5. The predicted molar refractivity (Wildman–Crippen MR) is 193 cm³/mol. The highest BCUT2D eigenvalue weighted by Crippen LogP contribution is 2.24. The van der Waals surface area contributed by atoms with E-state index in [9.17, 15) is 48.7 Å². The van der Waals surface area contributed by atoms with Gasteiger partial charge in [-0.3, -0.25) is 62.0 Å². The van der Waals surface area contributed by atoms with Gasteiger partial charge in [0.2, 0.25) is 17.7 Å². The molecule has 0 bridgehead atoms. The Kier molecular flexibility index (Phi) is 26.7. The number of amides is 3. The molecule has 1 rings (SSSR count). The zero-order valence-electron chi connectivity index (χ0n) is 30.6. The van der Waals surface area contributed by atoms with E-state index in [1.807, 2.05) is 0 Å². The fourth-order valence-corrected chi connectivity index (χ4v) is 5.84. The molecule has 3 amide bonds. The zero-order chi connectivity index (χ0) is 41.2. The minimum Gasteiger partial charge on any atom is -0.480 e. The van der Waals surface area contributed by atoms with Crippen LogP contribution in [0.2, 0.25) is 0 Å². The maximum atomic E-state index is 13.4. The lowest BCUT2D eigenvalue weighted by atomic mass is 10.1. The Morgan fingerprint density at radius 2 is 1.16 bits per heavy atom. The standard InChI is InChI=1S/C29H56N8O16P2/c38-15-3-6-31-29(47)23(4-1-2-5-30-24(39)16-37(21-52-54(48)49)22-53-55(50)51)32-25(40)17-33-7-9-34(18-26(41)42)11-13-36(20-28(45)46)14-12-35(10-8-33)19-27(43)44/h23,38,48-49,55H,1-22H2,(H,30,39)(H,31,47)(H,32,40)(H,41,42)(H,43,44)(H,45,46)(H,50,51)/t23-/m1/s1. The van der Waals surface area contributed by atoms with Crippen molar-refractivity contribution in [2.24, 2.45) is 0 Å². The van der Waals surface area contributed by atoms with Crippen LogP contribution in [0.1, 0.15) is 25.7 Å². The number of aliphatic carboxylic acids is 3. The molecule has 1 aliphatic heterocycles. The molecule has 1 saturated heterocycles. The van der Waals surface area contributed by atoms with Crippen LogP contribution >= 0.6 is 16.9 Å². The number of nitrogens with zero attached hydrogens (tertiary/aromatic N) is 5. The fraction of sp³-hybridized carbons (Fsp3) is 0.793. The minimum absolute atomic E-state index is 0.145. The average molecular weight is 835 g/mol. The first-order chi connectivity index (χ1) is 26.1. The largest absolute Gasteiger partial charge is 0.480 e. The summed E-state index contributed by atoms with van der Waals surface area (Å²) in [6.07, 6.45) is 1.16. The molecule has 0 aromatic rings. The van der Waals surface area contributed by atoms with Crippen molar-refractivity contribution in [3.8, 4) is 0 Å². The van der Waals surface area contributed by atoms with Gasteiger partial charge in [0.25, 0.3) is 0 Å². The topological polar surface area (TPSA) is 332 Å². The van der Waals surface area contributed by atoms with Gasteiger partial charge in [-0.05, 0) is 25.7 Å². The number of hydrogen-bond donors (Lipinski definition) is 10. The van der Waals surface area contributed by atoms with E-state index in [1.165, 1.54) is 0 Å². The molecule has 55 heavy (non-hydrogen) atoms. The molecule has 26 heteroatoms. The highest BCUT2D eigenvalue weighted by Gasteiger charge is 2.24. The second-order valence-corrected chi connectivity index (χ2v) is 14.1. The maximum absolute atomic E-state index is 13.4. The van der Waals surface area contributed by atoms with Gasteiger partial charge in [0.15, 0.2) is 0 Å². The molecule has 10 N–H and O–H groups in total. The van der Waals surface area contributed by atoms with E-state index in [0.717, 1.165) is 4.90 Å². The molecule has 0 radical (unpaired) electrons. The van der Waals surface area contributed by atoms with Crippen molar-refractivity contribution in [1.29, 1.82) is 0 Å². The molecule has 1 heterocycles. The third-order valence-electron chi connectivity index (χ3n) is 7.99. The van der Waals surface area contributed by atoms with Crippen molar-refractivity contribution in [3.63, 3.8) is 0 Å². The van der Waals surface area contributed by atoms with E-state index >= 15 is 0 Å². The normalized spacial score (nSPS) is 16.8. The Labute approximate surface area is 320 Å². The summed E-state index contributed by atoms with van der Waals surface area (Å²) in [5, 5.41) is 45.4. The highest BCUT2D eigenvalue weighted by molar-refractivity contribution is 7.39. The highest BCUT2D eigenvalue weighted by atomic mass is 31.2. The van der Waals surface area contributed by atoms with Crippen molar-refractivity contribution in [2.75, 3.05) is 118 Å². The summed E-state index contributed by atoms with van der Waals surface area (Å²) in [6, 6.07) is -1.00. The van der Waals surface area contributed by atoms with Gasteiger partial charge in [-0.1, -0.05) is 0 Å². The molecule has 2 atom stereocenters. The number of unbranched alkanes of at least 4 members (excludes halogenated alkanes) is 1. The fourth-order valence-electron chi connectivity index (χ4n) is 5.28. The third-order valence-corrected chi connectivity index (χ3v) is 8.72. The average Bonchev–Trinajstić information content (AvgIpc) is 3.09. The Hall–Kier alpha value is -2.96. The lowest BCUT2D eigenvalue weighted by molar-refractivity contribution is -0.140. The first kappa shape index (κ1) is 50.1. The van der Waals surface area contributed by atoms with E-state index in [2.05, 4.69) is 25.0 Å². The summed E-state index contributed by atoms with van der Waals surface area (Å²) in [4.78, 5) is 108. The Morgan fingerprint density at radius 1 is 0.691 bits per heavy atom. The molecule has 0 aromatic carbocycles. The molecule has 318 valence electrons. The molecular weight excluding hydrogens is 778 g/mol. The number of hydrogen-bond acceptors (Lipinski definition) is 17. The number of carboxylic acids is 3. The summed E-state index contributed by atoms with van der Waals surface area (Å²) in [7, 11) is -6.07. The van der Waals surface area contributed by atoms with Crippen molar-refractivity contribution in [1.82, 2.24) is 40.4 Å². The van der Waals surface area contributed by atoms with Gasteiger partial charge >= 0.3 is 34.8 Å². The van der Waals surface area contributed by atoms with Gasteiger partial charge in [-0.15, -0.1) is 0 Å². The van der Waals surface area contributed by atoms with Crippen LogP contribution in [0, 0.1) is 0 Å². The molecule has 0 saturated carbocycles. The summed E-state index contributed by atoms with van der Waals surface area (Å²) in [5.74, 6) is -4.83. The number of aliphatic hydroxyl groups is 1. The molecule has 0 aliphatic carbocycles. The van der Waals surface area contributed by atoms with Crippen LogP contribution in [-0.2, 0) is 42.4 Å². The molecule has 24 nitrogen and oxygen atoms in total. The van der Waals surface area contributed by atoms with E-state index in [1.54, 1.807) is 19.6 Å². The van der Waals surface area contributed by atoms with Gasteiger partial charge in [0, 0.05) is 72.1 Å². The maximum Gasteiger partial charge on any atom is 0.328 e. The molecule has 1 unspecified atom stereocenters. The second kappa shape index (κ2) is 29.3. The summed E-state index contributed by atoms with van der Waals surface area (Å²) in [5.41, 5.74) is 0.